The Hall–Kier alpha value is -3.11. The Morgan fingerprint density at radius 2 is 2.10 bits per heavy atom. The number of hydrogen-bond donors (Lipinski definition) is 3. The Balaban J connectivity index is 1.58. The summed E-state index contributed by atoms with van der Waals surface area (Å²) in [4.78, 5) is 15.4. The molecule has 148 valence electrons. The number of aromatic nitrogens is 3. The number of nitriles is 1. The number of nitrogens with zero attached hydrogens (tertiary/aromatic N) is 3. The van der Waals surface area contributed by atoms with Gasteiger partial charge in [0.15, 0.2) is 5.82 Å². The Morgan fingerprint density at radius 1 is 1.21 bits per heavy atom. The zero-order chi connectivity index (χ0) is 19.8. The number of hydrogen-bond acceptors (Lipinski definition) is 5. The van der Waals surface area contributed by atoms with Crippen LogP contribution in [0.2, 0.25) is 0 Å². The van der Waals surface area contributed by atoms with E-state index in [2.05, 4.69) is 33.8 Å². The van der Waals surface area contributed by atoms with E-state index in [0.29, 0.717) is 11.2 Å². The fraction of sp³-hybridized carbons (Fsp3) is 0.409. The average molecular weight is 388 g/mol. The van der Waals surface area contributed by atoms with Gasteiger partial charge >= 0.3 is 0 Å². The number of pyridine rings is 1. The molecule has 0 spiro atoms. The summed E-state index contributed by atoms with van der Waals surface area (Å²) in [5, 5.41) is 21.7. The van der Waals surface area contributed by atoms with Gasteiger partial charge in [0.1, 0.15) is 5.39 Å². The van der Waals surface area contributed by atoms with Crippen LogP contribution in [0.25, 0.3) is 10.9 Å². The van der Waals surface area contributed by atoms with E-state index in [0.717, 1.165) is 56.4 Å². The van der Waals surface area contributed by atoms with Crippen LogP contribution in [-0.2, 0) is 13.0 Å². The molecule has 1 aliphatic carbocycles. The van der Waals surface area contributed by atoms with Crippen molar-refractivity contribution >= 4 is 22.4 Å². The minimum atomic E-state index is -0.164. The van der Waals surface area contributed by atoms with Crippen LogP contribution < -0.4 is 16.2 Å². The molecular formula is C22H24N6O. The Morgan fingerprint density at radius 3 is 3.00 bits per heavy atom. The second kappa shape index (κ2) is 7.37. The first-order valence-electron chi connectivity index (χ1n) is 10.3. The van der Waals surface area contributed by atoms with Crippen LogP contribution in [0.4, 0.5) is 11.5 Å². The number of fused-ring (bicyclic) bond motifs is 2. The van der Waals surface area contributed by atoms with Crippen molar-refractivity contribution in [3.8, 4) is 6.07 Å². The highest BCUT2D eigenvalue weighted by molar-refractivity contribution is 5.91. The normalized spacial score (nSPS) is 21.5. The van der Waals surface area contributed by atoms with E-state index >= 15 is 0 Å². The molecule has 0 saturated heterocycles. The summed E-state index contributed by atoms with van der Waals surface area (Å²) in [6.45, 7) is 1.87. The fourth-order valence-electron chi connectivity index (χ4n) is 4.69. The third kappa shape index (κ3) is 3.19. The molecule has 2 aliphatic rings. The van der Waals surface area contributed by atoms with E-state index in [1.807, 2.05) is 16.8 Å². The second-order valence-electron chi connectivity index (χ2n) is 7.98. The Kier molecular flexibility index (Phi) is 4.57. The smallest absolute Gasteiger partial charge is 0.261 e. The Labute approximate surface area is 168 Å². The molecule has 2 aromatic heterocycles. The maximum atomic E-state index is 12.6. The molecule has 7 heteroatoms. The van der Waals surface area contributed by atoms with Crippen LogP contribution in [-0.4, -0.2) is 21.3 Å². The quantitative estimate of drug-likeness (QED) is 0.639. The van der Waals surface area contributed by atoms with Crippen molar-refractivity contribution in [2.45, 2.75) is 44.7 Å². The summed E-state index contributed by atoms with van der Waals surface area (Å²) < 4.78 is 1.91. The van der Waals surface area contributed by atoms with Crippen LogP contribution in [0.5, 0.6) is 0 Å². The van der Waals surface area contributed by atoms with E-state index in [1.165, 1.54) is 11.1 Å². The van der Waals surface area contributed by atoms with Gasteiger partial charge in [-0.25, -0.2) is 0 Å². The summed E-state index contributed by atoms with van der Waals surface area (Å²) >= 11 is 0. The number of aromatic amines is 1. The molecule has 2 unspecified atom stereocenters. The maximum Gasteiger partial charge on any atom is 0.261 e. The second-order valence-corrected chi connectivity index (χ2v) is 7.98. The van der Waals surface area contributed by atoms with Crippen molar-refractivity contribution in [1.82, 2.24) is 20.1 Å². The lowest BCUT2D eigenvalue weighted by molar-refractivity contribution is 0.277. The standard InChI is InChI=1S/C22H24N6O/c23-12-15-3-1-2-4-18(15)28-19-8-10-25-22(29)20(19)21(27-28)26-17-6-5-16-13-24-9-7-14(16)11-17/h5-6,8,10-11,15,18,24H,1-4,7,9,13H2,(H,25,29)(H,26,27). The summed E-state index contributed by atoms with van der Waals surface area (Å²) in [5.74, 6) is 0.480. The lowest BCUT2D eigenvalue weighted by Gasteiger charge is -2.27. The maximum absolute atomic E-state index is 12.6. The van der Waals surface area contributed by atoms with E-state index < -0.39 is 0 Å². The van der Waals surface area contributed by atoms with Crippen molar-refractivity contribution in [2.75, 3.05) is 11.9 Å². The highest BCUT2D eigenvalue weighted by atomic mass is 16.1. The van der Waals surface area contributed by atoms with Gasteiger partial charge in [-0.2, -0.15) is 10.4 Å². The average Bonchev–Trinajstić information content (AvgIpc) is 3.13. The number of H-pyrrole nitrogens is 1. The largest absolute Gasteiger partial charge is 0.338 e. The SMILES string of the molecule is N#CC1CCCCC1n1nc(Nc2ccc3c(c2)CCNC3)c2c(=O)[nH]ccc21. The number of anilines is 2. The molecule has 3 aromatic rings. The molecular weight excluding hydrogens is 364 g/mol. The third-order valence-electron chi connectivity index (χ3n) is 6.20. The first kappa shape index (κ1) is 18.0. The van der Waals surface area contributed by atoms with E-state index in [9.17, 15) is 10.1 Å². The van der Waals surface area contributed by atoms with E-state index in [4.69, 9.17) is 5.10 Å². The molecule has 0 bridgehead atoms. The van der Waals surface area contributed by atoms with Crippen LogP contribution >= 0.6 is 0 Å². The summed E-state index contributed by atoms with van der Waals surface area (Å²) in [6, 6.07) is 10.6. The molecule has 3 heterocycles. The minimum absolute atomic E-state index is 0.00297. The lowest BCUT2D eigenvalue weighted by atomic mass is 9.85. The lowest BCUT2D eigenvalue weighted by Crippen LogP contribution is -2.23. The third-order valence-corrected chi connectivity index (χ3v) is 6.20. The van der Waals surface area contributed by atoms with E-state index in [-0.39, 0.29) is 17.5 Å². The zero-order valence-electron chi connectivity index (χ0n) is 16.2. The van der Waals surface area contributed by atoms with Crippen molar-refractivity contribution in [2.24, 2.45) is 5.92 Å². The highest BCUT2D eigenvalue weighted by Crippen LogP contribution is 2.36. The molecule has 5 rings (SSSR count). The van der Waals surface area contributed by atoms with Crippen LogP contribution in [0.3, 0.4) is 0 Å². The van der Waals surface area contributed by atoms with Crippen LogP contribution in [0, 0.1) is 17.2 Å². The van der Waals surface area contributed by atoms with Gasteiger partial charge in [-0.15, -0.1) is 0 Å². The molecule has 1 aliphatic heterocycles. The summed E-state index contributed by atoms with van der Waals surface area (Å²) in [5.41, 5.74) is 4.19. The van der Waals surface area contributed by atoms with Gasteiger partial charge < -0.3 is 15.6 Å². The monoisotopic (exact) mass is 388 g/mol. The van der Waals surface area contributed by atoms with Gasteiger partial charge in [-0.1, -0.05) is 18.9 Å². The summed E-state index contributed by atoms with van der Waals surface area (Å²) in [7, 11) is 0. The van der Waals surface area contributed by atoms with Gasteiger partial charge in [0.05, 0.1) is 23.5 Å². The van der Waals surface area contributed by atoms with Gasteiger partial charge in [0, 0.05) is 18.4 Å². The molecule has 1 aromatic carbocycles. The molecule has 0 radical (unpaired) electrons. The predicted octanol–water partition coefficient (Wildman–Crippen LogP) is 3.37. The molecule has 1 fully saturated rings. The fourth-order valence-corrected chi connectivity index (χ4v) is 4.69. The van der Waals surface area contributed by atoms with Gasteiger partial charge in [0.2, 0.25) is 0 Å². The molecule has 1 saturated carbocycles. The number of benzene rings is 1. The molecule has 0 amide bonds. The first-order valence-corrected chi connectivity index (χ1v) is 10.3. The predicted molar refractivity (Wildman–Crippen MR) is 112 cm³/mol. The minimum Gasteiger partial charge on any atom is -0.338 e. The van der Waals surface area contributed by atoms with E-state index in [1.54, 1.807) is 6.20 Å². The van der Waals surface area contributed by atoms with Crippen LogP contribution in [0.15, 0.2) is 35.3 Å². The molecule has 2 atom stereocenters. The van der Waals surface area contributed by atoms with Gasteiger partial charge in [-0.3, -0.25) is 9.48 Å². The molecule has 7 nitrogen and oxygen atoms in total. The highest BCUT2D eigenvalue weighted by Gasteiger charge is 2.29. The topological polar surface area (TPSA) is 98.5 Å². The number of nitrogens with one attached hydrogen (secondary N) is 3. The van der Waals surface area contributed by atoms with Crippen molar-refractivity contribution in [3.63, 3.8) is 0 Å². The molecule has 29 heavy (non-hydrogen) atoms. The summed E-state index contributed by atoms with van der Waals surface area (Å²) in [6.07, 6.45) is 6.59. The number of rotatable bonds is 3. The molecule has 3 N–H and O–H groups in total. The van der Waals surface area contributed by atoms with Gasteiger partial charge in [-0.05, 0) is 55.1 Å². The van der Waals surface area contributed by atoms with Gasteiger partial charge in [0.25, 0.3) is 5.56 Å². The van der Waals surface area contributed by atoms with Crippen molar-refractivity contribution in [3.05, 3.63) is 51.9 Å². The zero-order valence-corrected chi connectivity index (χ0v) is 16.2. The van der Waals surface area contributed by atoms with Crippen LogP contribution in [0.1, 0.15) is 42.9 Å². The first-order chi connectivity index (χ1) is 14.2. The van der Waals surface area contributed by atoms with Crippen molar-refractivity contribution in [1.29, 1.82) is 5.26 Å². The van der Waals surface area contributed by atoms with Crippen molar-refractivity contribution < 1.29 is 0 Å². The Bertz CT molecular complexity index is 1150.